The van der Waals surface area contributed by atoms with Crippen molar-refractivity contribution in [1.82, 2.24) is 0 Å². The smallest absolute Gasteiger partial charge is 0.0484 e. The van der Waals surface area contributed by atoms with Crippen LogP contribution in [0.2, 0.25) is 0 Å². The van der Waals surface area contributed by atoms with E-state index in [1.54, 1.807) is 11.3 Å². The third-order valence-electron chi connectivity index (χ3n) is 3.05. The summed E-state index contributed by atoms with van der Waals surface area (Å²) in [5, 5.41) is 3.03. The largest absolute Gasteiger partial charge is 0.323 e. The van der Waals surface area contributed by atoms with E-state index in [9.17, 15) is 0 Å². The first-order valence-corrected chi connectivity index (χ1v) is 7.61. The van der Waals surface area contributed by atoms with Crippen LogP contribution in [0.4, 0.5) is 0 Å². The van der Waals surface area contributed by atoms with Gasteiger partial charge in [-0.3, -0.25) is 0 Å². The van der Waals surface area contributed by atoms with E-state index < -0.39 is 0 Å². The number of thioether (sulfide) groups is 1. The molecule has 1 heterocycles. The summed E-state index contributed by atoms with van der Waals surface area (Å²) in [6.07, 6.45) is 5.65. The lowest BCUT2D eigenvalue weighted by molar-refractivity contribution is 0.831. The zero-order valence-corrected chi connectivity index (χ0v) is 10.9. The van der Waals surface area contributed by atoms with Gasteiger partial charge in [-0.2, -0.15) is 11.8 Å². The Hall–Kier alpha value is 0.01000. The Bertz CT molecular complexity index is 302. The number of hydrogen-bond acceptors (Lipinski definition) is 3. The number of aryl methyl sites for hydroxylation is 1. The number of nitrogens with two attached hydrogens (primary N) is 1. The van der Waals surface area contributed by atoms with Crippen LogP contribution in [0, 0.1) is 6.92 Å². The third-order valence-corrected chi connectivity index (χ3v) is 5.70. The molecule has 0 amide bonds. The van der Waals surface area contributed by atoms with E-state index in [1.807, 2.05) is 0 Å². The molecular formula is C12H19NS2. The molecule has 1 aromatic rings. The fourth-order valence-electron chi connectivity index (χ4n) is 2.13. The Morgan fingerprint density at radius 2 is 2.27 bits per heavy atom. The monoisotopic (exact) mass is 241 g/mol. The minimum atomic E-state index is 0.246. The molecule has 0 aliphatic heterocycles. The van der Waals surface area contributed by atoms with Crippen molar-refractivity contribution in [1.29, 1.82) is 0 Å². The Morgan fingerprint density at radius 1 is 1.53 bits per heavy atom. The maximum absolute atomic E-state index is 6.21. The molecule has 1 aliphatic carbocycles. The van der Waals surface area contributed by atoms with Crippen molar-refractivity contribution in [2.75, 3.05) is 5.75 Å². The highest BCUT2D eigenvalue weighted by Gasteiger charge is 2.18. The fraction of sp³-hybridized carbons (Fsp3) is 0.667. The highest BCUT2D eigenvalue weighted by atomic mass is 32.2. The van der Waals surface area contributed by atoms with Crippen molar-refractivity contribution in [3.05, 3.63) is 21.9 Å². The van der Waals surface area contributed by atoms with Gasteiger partial charge in [0.25, 0.3) is 0 Å². The van der Waals surface area contributed by atoms with Crippen molar-refractivity contribution in [3.63, 3.8) is 0 Å². The van der Waals surface area contributed by atoms with Gasteiger partial charge in [-0.05, 0) is 36.8 Å². The van der Waals surface area contributed by atoms with Gasteiger partial charge in [-0.15, -0.1) is 11.3 Å². The summed E-state index contributed by atoms with van der Waals surface area (Å²) >= 11 is 3.88. The standard InChI is InChI=1S/C12H19NS2/c1-9-6-7-14-12(9)11(13)8-15-10-4-2-3-5-10/h6-7,10-11H,2-5,8,13H2,1H3. The normalized spacial score (nSPS) is 19.6. The topological polar surface area (TPSA) is 26.0 Å². The molecule has 1 atom stereocenters. The number of thiophene rings is 1. The maximum atomic E-state index is 6.21. The van der Waals surface area contributed by atoms with Gasteiger partial charge in [-0.1, -0.05) is 12.8 Å². The Morgan fingerprint density at radius 3 is 2.87 bits per heavy atom. The zero-order chi connectivity index (χ0) is 10.7. The average Bonchev–Trinajstić information content (AvgIpc) is 2.84. The van der Waals surface area contributed by atoms with Crippen molar-refractivity contribution in [3.8, 4) is 0 Å². The highest BCUT2D eigenvalue weighted by Crippen LogP contribution is 2.33. The van der Waals surface area contributed by atoms with Crippen LogP contribution in [0.25, 0.3) is 0 Å². The minimum absolute atomic E-state index is 0.246. The first-order chi connectivity index (χ1) is 7.27. The maximum Gasteiger partial charge on any atom is 0.0484 e. The quantitative estimate of drug-likeness (QED) is 0.869. The second-order valence-electron chi connectivity index (χ2n) is 4.31. The predicted octanol–water partition coefficient (Wildman–Crippen LogP) is 3.73. The SMILES string of the molecule is Cc1ccsc1C(N)CSC1CCCC1. The molecule has 1 fully saturated rings. The minimum Gasteiger partial charge on any atom is -0.323 e. The van der Waals surface area contributed by atoms with Crippen molar-refractivity contribution in [2.45, 2.75) is 43.9 Å². The average molecular weight is 241 g/mol. The first kappa shape index (κ1) is 11.5. The molecule has 1 saturated carbocycles. The lowest BCUT2D eigenvalue weighted by atomic mass is 10.2. The van der Waals surface area contributed by atoms with Crippen LogP contribution in [0.3, 0.4) is 0 Å². The van der Waals surface area contributed by atoms with Crippen LogP contribution in [0.5, 0.6) is 0 Å². The molecule has 3 heteroatoms. The zero-order valence-electron chi connectivity index (χ0n) is 9.24. The molecule has 0 bridgehead atoms. The lowest BCUT2D eigenvalue weighted by Gasteiger charge is -2.14. The third kappa shape index (κ3) is 2.99. The molecule has 1 unspecified atom stereocenters. The summed E-state index contributed by atoms with van der Waals surface area (Å²) in [6, 6.07) is 2.41. The second kappa shape index (κ2) is 5.37. The van der Waals surface area contributed by atoms with Crippen LogP contribution in [0.1, 0.15) is 42.2 Å². The molecule has 2 N–H and O–H groups in total. The molecule has 1 nitrogen and oxygen atoms in total. The lowest BCUT2D eigenvalue weighted by Crippen LogP contribution is -2.14. The van der Waals surface area contributed by atoms with Crippen LogP contribution in [0.15, 0.2) is 11.4 Å². The van der Waals surface area contributed by atoms with Gasteiger partial charge in [0.05, 0.1) is 0 Å². The molecule has 0 saturated heterocycles. The summed E-state index contributed by atoms with van der Waals surface area (Å²) in [7, 11) is 0. The molecule has 0 radical (unpaired) electrons. The molecule has 1 aliphatic rings. The van der Waals surface area contributed by atoms with Crippen molar-refractivity contribution in [2.24, 2.45) is 5.73 Å². The molecule has 1 aromatic heterocycles. The summed E-state index contributed by atoms with van der Waals surface area (Å²) in [4.78, 5) is 1.38. The highest BCUT2D eigenvalue weighted by molar-refractivity contribution is 7.99. The molecule has 15 heavy (non-hydrogen) atoms. The Labute approximate surface area is 100 Å². The van der Waals surface area contributed by atoms with E-state index in [0.29, 0.717) is 0 Å². The molecule has 2 rings (SSSR count). The number of rotatable bonds is 4. The molecule has 84 valence electrons. The molecule has 0 spiro atoms. The van der Waals surface area contributed by atoms with Gasteiger partial charge >= 0.3 is 0 Å². The second-order valence-corrected chi connectivity index (χ2v) is 6.60. The van der Waals surface area contributed by atoms with Crippen LogP contribution in [-0.2, 0) is 0 Å². The van der Waals surface area contributed by atoms with E-state index in [-0.39, 0.29) is 6.04 Å². The molecular weight excluding hydrogens is 222 g/mol. The Balaban J connectivity index is 1.81. The van der Waals surface area contributed by atoms with Gasteiger partial charge in [0.1, 0.15) is 0 Å². The van der Waals surface area contributed by atoms with E-state index >= 15 is 0 Å². The van der Waals surface area contributed by atoms with E-state index in [4.69, 9.17) is 5.73 Å². The first-order valence-electron chi connectivity index (χ1n) is 5.68. The van der Waals surface area contributed by atoms with Crippen LogP contribution in [-0.4, -0.2) is 11.0 Å². The summed E-state index contributed by atoms with van der Waals surface area (Å²) < 4.78 is 0. The van der Waals surface area contributed by atoms with Gasteiger partial charge in [0.15, 0.2) is 0 Å². The van der Waals surface area contributed by atoms with E-state index in [1.165, 1.54) is 36.1 Å². The van der Waals surface area contributed by atoms with E-state index in [0.717, 1.165) is 11.0 Å². The van der Waals surface area contributed by atoms with Gasteiger partial charge in [0.2, 0.25) is 0 Å². The summed E-state index contributed by atoms with van der Waals surface area (Å²) in [5.41, 5.74) is 7.57. The van der Waals surface area contributed by atoms with Gasteiger partial charge < -0.3 is 5.73 Å². The predicted molar refractivity (Wildman–Crippen MR) is 70.7 cm³/mol. The summed E-state index contributed by atoms with van der Waals surface area (Å²) in [6.45, 7) is 2.16. The van der Waals surface area contributed by atoms with Crippen molar-refractivity contribution >= 4 is 23.1 Å². The molecule has 0 aromatic carbocycles. The van der Waals surface area contributed by atoms with Crippen LogP contribution < -0.4 is 5.73 Å². The number of hydrogen-bond donors (Lipinski definition) is 1. The van der Waals surface area contributed by atoms with Crippen molar-refractivity contribution < 1.29 is 0 Å². The summed E-state index contributed by atoms with van der Waals surface area (Å²) in [5.74, 6) is 1.09. The fourth-order valence-corrected chi connectivity index (χ4v) is 4.48. The van der Waals surface area contributed by atoms with Crippen LogP contribution >= 0.6 is 23.1 Å². The van der Waals surface area contributed by atoms with E-state index in [2.05, 4.69) is 30.1 Å². The van der Waals surface area contributed by atoms with Gasteiger partial charge in [-0.25, -0.2) is 0 Å². The Kier molecular flexibility index (Phi) is 4.12. The van der Waals surface area contributed by atoms with Gasteiger partial charge in [0, 0.05) is 21.9 Å².